The summed E-state index contributed by atoms with van der Waals surface area (Å²) in [6.07, 6.45) is -0.610. The van der Waals surface area contributed by atoms with Gasteiger partial charge in [-0.3, -0.25) is 24.0 Å². The second-order valence-corrected chi connectivity index (χ2v) is 12.9. The van der Waals surface area contributed by atoms with E-state index in [-0.39, 0.29) is 34.4 Å². The second kappa shape index (κ2) is 14.2. The summed E-state index contributed by atoms with van der Waals surface area (Å²) in [4.78, 5) is 39.9. The molecular weight excluding hydrogens is 604 g/mol. The standard InChI is InChI=1S/C30H32N6O6S2/c1-19(21-12-8-5-9-13-21)32-27(38)22-15-23(17-24(16-22)36(2)44(3,41)42)28(39)33-25(14-20-10-6-4-7-11-20)26(37)29(40)34-30-35-31-18-43-30/h4-13,15-19,25-26,37H,14H2,1-3H3,(H,32,38)(H,33,39)(H,34,35,40)/t19-,25+,26-/m1/s1. The quantitative estimate of drug-likeness (QED) is 0.184. The van der Waals surface area contributed by atoms with Gasteiger partial charge in [0.25, 0.3) is 17.7 Å². The predicted octanol–water partition coefficient (Wildman–Crippen LogP) is 2.77. The Hall–Kier alpha value is -4.66. The molecule has 0 bridgehead atoms. The third kappa shape index (κ3) is 8.46. The van der Waals surface area contributed by atoms with Crippen LogP contribution in [0.25, 0.3) is 0 Å². The fourth-order valence-corrected chi connectivity index (χ4v) is 5.24. The van der Waals surface area contributed by atoms with Gasteiger partial charge in [-0.25, -0.2) is 8.42 Å². The van der Waals surface area contributed by atoms with Crippen molar-refractivity contribution >= 4 is 49.9 Å². The predicted molar refractivity (Wildman–Crippen MR) is 168 cm³/mol. The number of rotatable bonds is 12. The Morgan fingerprint density at radius 1 is 0.932 bits per heavy atom. The number of anilines is 2. The Bertz CT molecular complexity index is 1700. The van der Waals surface area contributed by atoms with E-state index in [4.69, 9.17) is 0 Å². The van der Waals surface area contributed by atoms with Crippen LogP contribution < -0.4 is 20.3 Å². The van der Waals surface area contributed by atoms with Crippen LogP contribution in [0.5, 0.6) is 0 Å². The maximum absolute atomic E-state index is 13.7. The highest BCUT2D eigenvalue weighted by Gasteiger charge is 2.30. The minimum atomic E-state index is -3.75. The highest BCUT2D eigenvalue weighted by Crippen LogP contribution is 2.22. The number of aromatic nitrogens is 2. The molecule has 230 valence electrons. The summed E-state index contributed by atoms with van der Waals surface area (Å²) in [6, 6.07) is 20.7. The molecule has 0 spiro atoms. The molecule has 12 nitrogen and oxygen atoms in total. The molecular formula is C30H32N6O6S2. The largest absolute Gasteiger partial charge is 0.381 e. The van der Waals surface area contributed by atoms with Crippen molar-refractivity contribution in [2.75, 3.05) is 22.9 Å². The first-order valence-corrected chi connectivity index (χ1v) is 16.2. The van der Waals surface area contributed by atoms with Crippen molar-refractivity contribution in [1.82, 2.24) is 20.8 Å². The van der Waals surface area contributed by atoms with Gasteiger partial charge in [-0.15, -0.1) is 10.2 Å². The van der Waals surface area contributed by atoms with E-state index in [9.17, 15) is 27.9 Å². The molecule has 44 heavy (non-hydrogen) atoms. The molecule has 0 saturated carbocycles. The molecule has 4 N–H and O–H groups in total. The van der Waals surface area contributed by atoms with Crippen molar-refractivity contribution in [3.63, 3.8) is 0 Å². The fourth-order valence-electron chi connectivity index (χ4n) is 4.30. The van der Waals surface area contributed by atoms with Gasteiger partial charge in [0, 0.05) is 18.2 Å². The Morgan fingerprint density at radius 2 is 1.52 bits per heavy atom. The smallest absolute Gasteiger partial charge is 0.257 e. The first-order chi connectivity index (χ1) is 20.9. The number of aliphatic hydroxyl groups is 1. The van der Waals surface area contributed by atoms with Gasteiger partial charge in [0.1, 0.15) is 5.51 Å². The van der Waals surface area contributed by atoms with Crippen LogP contribution in [-0.2, 0) is 21.2 Å². The first-order valence-electron chi connectivity index (χ1n) is 13.5. The Kier molecular flexibility index (Phi) is 10.4. The Morgan fingerprint density at radius 3 is 2.09 bits per heavy atom. The summed E-state index contributed by atoms with van der Waals surface area (Å²) in [5.74, 6) is -2.07. The normalized spacial score (nSPS) is 13.3. The fraction of sp³-hybridized carbons (Fsp3) is 0.233. The molecule has 0 aliphatic rings. The topological polar surface area (TPSA) is 171 Å². The number of sulfonamides is 1. The van der Waals surface area contributed by atoms with E-state index < -0.39 is 39.9 Å². The number of benzene rings is 3. The van der Waals surface area contributed by atoms with E-state index in [1.54, 1.807) is 31.2 Å². The Balaban J connectivity index is 1.64. The molecule has 3 atom stereocenters. The molecule has 4 rings (SSSR count). The number of hydrogen-bond donors (Lipinski definition) is 4. The van der Waals surface area contributed by atoms with Gasteiger partial charge in [0.2, 0.25) is 15.2 Å². The maximum Gasteiger partial charge on any atom is 0.257 e. The van der Waals surface area contributed by atoms with Gasteiger partial charge in [0.15, 0.2) is 6.10 Å². The summed E-state index contributed by atoms with van der Waals surface area (Å²) in [5.41, 5.74) is 3.08. The molecule has 4 aromatic rings. The van der Waals surface area contributed by atoms with Crippen LogP contribution in [0.1, 0.15) is 44.8 Å². The van der Waals surface area contributed by atoms with Gasteiger partial charge < -0.3 is 15.7 Å². The number of nitrogens with one attached hydrogen (secondary N) is 3. The highest BCUT2D eigenvalue weighted by atomic mass is 32.2. The molecule has 0 aliphatic carbocycles. The molecule has 0 fully saturated rings. The monoisotopic (exact) mass is 636 g/mol. The minimum Gasteiger partial charge on any atom is -0.381 e. The molecule has 3 aromatic carbocycles. The summed E-state index contributed by atoms with van der Waals surface area (Å²) in [5, 5.41) is 26.6. The van der Waals surface area contributed by atoms with Crippen LogP contribution in [0.2, 0.25) is 0 Å². The van der Waals surface area contributed by atoms with Crippen LogP contribution in [0.4, 0.5) is 10.8 Å². The third-order valence-corrected chi connectivity index (χ3v) is 8.62. The van der Waals surface area contributed by atoms with E-state index in [0.717, 1.165) is 33.0 Å². The number of nitrogens with zero attached hydrogens (tertiary/aromatic N) is 3. The van der Waals surface area contributed by atoms with E-state index in [2.05, 4.69) is 26.1 Å². The molecule has 3 amide bonds. The lowest BCUT2D eigenvalue weighted by atomic mass is 9.99. The number of aliphatic hydroxyl groups excluding tert-OH is 1. The lowest BCUT2D eigenvalue weighted by Crippen LogP contribution is -2.50. The number of hydrogen-bond acceptors (Lipinski definition) is 9. The summed E-state index contributed by atoms with van der Waals surface area (Å²) >= 11 is 1.06. The highest BCUT2D eigenvalue weighted by molar-refractivity contribution is 7.92. The van der Waals surface area contributed by atoms with Gasteiger partial charge >= 0.3 is 0 Å². The molecule has 0 saturated heterocycles. The Labute approximate surface area is 259 Å². The molecule has 0 aliphatic heterocycles. The molecule has 0 unspecified atom stereocenters. The maximum atomic E-state index is 13.7. The zero-order valence-corrected chi connectivity index (χ0v) is 25.8. The lowest BCUT2D eigenvalue weighted by Gasteiger charge is -2.24. The van der Waals surface area contributed by atoms with Gasteiger partial charge in [-0.1, -0.05) is 72.0 Å². The van der Waals surface area contributed by atoms with Crippen molar-refractivity contribution in [3.8, 4) is 0 Å². The van der Waals surface area contributed by atoms with Gasteiger partial charge in [0.05, 0.1) is 24.0 Å². The number of carbonyl (C=O) groups excluding carboxylic acids is 3. The summed E-state index contributed by atoms with van der Waals surface area (Å²) in [6.45, 7) is 1.80. The van der Waals surface area contributed by atoms with Crippen molar-refractivity contribution in [2.24, 2.45) is 0 Å². The van der Waals surface area contributed by atoms with E-state index in [1.807, 2.05) is 36.4 Å². The van der Waals surface area contributed by atoms with Crippen molar-refractivity contribution in [1.29, 1.82) is 0 Å². The molecule has 14 heteroatoms. The SMILES string of the molecule is C[C@@H](NC(=O)c1cc(C(=O)N[C@@H](Cc2ccccc2)[C@@H](O)C(=O)Nc2nncs2)cc(N(C)S(C)(=O)=O)c1)c1ccccc1. The van der Waals surface area contributed by atoms with Crippen molar-refractivity contribution in [3.05, 3.63) is 107 Å². The second-order valence-electron chi connectivity index (χ2n) is 10.1. The van der Waals surface area contributed by atoms with E-state index in [1.165, 1.54) is 30.8 Å². The lowest BCUT2D eigenvalue weighted by molar-refractivity contribution is -0.125. The van der Waals surface area contributed by atoms with E-state index >= 15 is 0 Å². The van der Waals surface area contributed by atoms with Crippen LogP contribution in [0, 0.1) is 0 Å². The average Bonchev–Trinajstić information content (AvgIpc) is 3.53. The summed E-state index contributed by atoms with van der Waals surface area (Å²) in [7, 11) is -2.45. The molecule has 0 radical (unpaired) electrons. The first kappa shape index (κ1) is 32.3. The van der Waals surface area contributed by atoms with E-state index in [0.29, 0.717) is 0 Å². The van der Waals surface area contributed by atoms with Crippen LogP contribution in [0.3, 0.4) is 0 Å². The minimum absolute atomic E-state index is 0.0418. The van der Waals surface area contributed by atoms with Crippen LogP contribution in [-0.4, -0.2) is 66.9 Å². The molecule has 1 aromatic heterocycles. The average molecular weight is 637 g/mol. The van der Waals surface area contributed by atoms with Crippen LogP contribution in [0.15, 0.2) is 84.4 Å². The zero-order chi connectivity index (χ0) is 31.9. The molecule has 1 heterocycles. The van der Waals surface area contributed by atoms with Crippen LogP contribution >= 0.6 is 11.3 Å². The number of carbonyl (C=O) groups is 3. The summed E-state index contributed by atoms with van der Waals surface area (Å²) < 4.78 is 25.7. The third-order valence-electron chi connectivity index (χ3n) is 6.81. The van der Waals surface area contributed by atoms with Gasteiger partial charge in [-0.2, -0.15) is 0 Å². The number of amides is 3. The van der Waals surface area contributed by atoms with Gasteiger partial charge in [-0.05, 0) is 42.7 Å². The van der Waals surface area contributed by atoms with Crippen molar-refractivity contribution < 1.29 is 27.9 Å². The van der Waals surface area contributed by atoms with Crippen molar-refractivity contribution in [2.45, 2.75) is 31.5 Å². The zero-order valence-electron chi connectivity index (χ0n) is 24.2.